The first kappa shape index (κ1) is 10.4. The number of benzene rings is 1. The molecule has 1 aliphatic heterocycles. The van der Waals surface area contributed by atoms with Crippen molar-refractivity contribution in [3.8, 4) is 11.5 Å². The number of hydrogen-bond acceptors (Lipinski definition) is 4. The molecular weight excluding hydrogens is 218 g/mol. The Kier molecular flexibility index (Phi) is 2.20. The standard InChI is InChI=1S/C13H13NO3/c1-2-9-10(13(5-6-13)14-7-15)3-4-11-12(9)17-8-16-11/h3-4H,2,5-6,8H2,1H3. The Hall–Kier alpha value is -1.80. The first-order valence-electron chi connectivity index (χ1n) is 5.82. The van der Waals surface area contributed by atoms with Gasteiger partial charge in [0.05, 0.1) is 5.54 Å². The summed E-state index contributed by atoms with van der Waals surface area (Å²) in [6, 6.07) is 3.90. The predicted molar refractivity (Wildman–Crippen MR) is 61.0 cm³/mol. The smallest absolute Gasteiger partial charge is 0.235 e. The van der Waals surface area contributed by atoms with E-state index in [4.69, 9.17) is 9.47 Å². The number of aliphatic imine (C=N–C) groups is 1. The summed E-state index contributed by atoms with van der Waals surface area (Å²) in [7, 11) is 0. The van der Waals surface area contributed by atoms with Gasteiger partial charge in [0.15, 0.2) is 11.5 Å². The van der Waals surface area contributed by atoms with Crippen molar-refractivity contribution in [1.29, 1.82) is 0 Å². The monoisotopic (exact) mass is 231 g/mol. The van der Waals surface area contributed by atoms with Crippen LogP contribution in [0.25, 0.3) is 0 Å². The summed E-state index contributed by atoms with van der Waals surface area (Å²) in [5.74, 6) is 1.61. The van der Waals surface area contributed by atoms with Gasteiger partial charge < -0.3 is 9.47 Å². The number of carbonyl (C=O) groups excluding carboxylic acids is 1. The minimum absolute atomic E-state index is 0.274. The third kappa shape index (κ3) is 1.45. The average Bonchev–Trinajstić information content (AvgIpc) is 2.96. The number of ether oxygens (including phenoxy) is 2. The van der Waals surface area contributed by atoms with Gasteiger partial charge in [0.2, 0.25) is 12.9 Å². The molecule has 0 bridgehead atoms. The zero-order chi connectivity index (χ0) is 11.9. The molecule has 0 aromatic heterocycles. The maximum absolute atomic E-state index is 10.5. The minimum atomic E-state index is -0.339. The Balaban J connectivity index is 2.15. The number of nitrogens with zero attached hydrogens (tertiary/aromatic N) is 1. The second kappa shape index (κ2) is 3.60. The van der Waals surface area contributed by atoms with Crippen molar-refractivity contribution in [2.24, 2.45) is 4.99 Å². The molecule has 0 amide bonds. The molecule has 88 valence electrons. The molecule has 1 saturated carbocycles. The highest BCUT2D eigenvalue weighted by Crippen LogP contribution is 2.53. The lowest BCUT2D eigenvalue weighted by Gasteiger charge is -2.15. The van der Waals surface area contributed by atoms with Gasteiger partial charge in [-0.25, -0.2) is 4.79 Å². The van der Waals surface area contributed by atoms with Crippen LogP contribution in [0.4, 0.5) is 0 Å². The number of fused-ring (bicyclic) bond motifs is 1. The van der Waals surface area contributed by atoms with Crippen molar-refractivity contribution in [1.82, 2.24) is 0 Å². The van der Waals surface area contributed by atoms with E-state index in [2.05, 4.69) is 11.9 Å². The highest BCUT2D eigenvalue weighted by molar-refractivity contribution is 5.56. The molecule has 4 heteroatoms. The van der Waals surface area contributed by atoms with Crippen LogP contribution in [0, 0.1) is 0 Å². The van der Waals surface area contributed by atoms with Gasteiger partial charge >= 0.3 is 0 Å². The Morgan fingerprint density at radius 3 is 2.88 bits per heavy atom. The van der Waals surface area contributed by atoms with Crippen LogP contribution in [0.1, 0.15) is 30.9 Å². The van der Waals surface area contributed by atoms with Crippen molar-refractivity contribution < 1.29 is 14.3 Å². The first-order chi connectivity index (χ1) is 8.30. The van der Waals surface area contributed by atoms with Crippen molar-refractivity contribution in [2.75, 3.05) is 6.79 Å². The molecular formula is C13H13NO3. The zero-order valence-corrected chi connectivity index (χ0v) is 9.66. The molecule has 1 heterocycles. The fourth-order valence-electron chi connectivity index (χ4n) is 2.46. The van der Waals surface area contributed by atoms with Gasteiger partial charge in [0.25, 0.3) is 0 Å². The van der Waals surface area contributed by atoms with E-state index >= 15 is 0 Å². The van der Waals surface area contributed by atoms with Crippen LogP contribution in [0.15, 0.2) is 17.1 Å². The third-order valence-electron chi connectivity index (χ3n) is 3.48. The molecule has 0 N–H and O–H groups in total. The second-order valence-electron chi connectivity index (χ2n) is 4.41. The maximum atomic E-state index is 10.5. The van der Waals surface area contributed by atoms with E-state index in [1.807, 2.05) is 12.1 Å². The van der Waals surface area contributed by atoms with Gasteiger partial charge in [-0.05, 0) is 30.9 Å². The molecule has 17 heavy (non-hydrogen) atoms. The summed E-state index contributed by atoms with van der Waals surface area (Å²) in [4.78, 5) is 14.5. The molecule has 0 radical (unpaired) electrons. The molecule has 0 saturated heterocycles. The molecule has 2 aliphatic rings. The second-order valence-corrected chi connectivity index (χ2v) is 4.41. The van der Waals surface area contributed by atoms with Crippen LogP contribution >= 0.6 is 0 Å². The van der Waals surface area contributed by atoms with E-state index in [-0.39, 0.29) is 12.3 Å². The lowest BCUT2D eigenvalue weighted by atomic mass is 9.95. The Labute approximate surface area is 99.3 Å². The molecule has 0 unspecified atom stereocenters. The first-order valence-corrected chi connectivity index (χ1v) is 5.82. The normalized spacial score (nSPS) is 18.6. The Morgan fingerprint density at radius 1 is 1.41 bits per heavy atom. The highest BCUT2D eigenvalue weighted by atomic mass is 16.7. The van der Waals surface area contributed by atoms with E-state index < -0.39 is 0 Å². The largest absolute Gasteiger partial charge is 0.454 e. The third-order valence-corrected chi connectivity index (χ3v) is 3.48. The van der Waals surface area contributed by atoms with E-state index in [9.17, 15) is 4.79 Å². The Bertz CT molecular complexity index is 514. The summed E-state index contributed by atoms with van der Waals surface area (Å²) in [6.45, 7) is 2.34. The lowest BCUT2D eigenvalue weighted by molar-refractivity contribution is 0.173. The van der Waals surface area contributed by atoms with Crippen molar-refractivity contribution >= 4 is 6.08 Å². The number of rotatable bonds is 3. The van der Waals surface area contributed by atoms with Gasteiger partial charge in [-0.15, -0.1) is 0 Å². The van der Waals surface area contributed by atoms with Gasteiger partial charge in [0, 0.05) is 5.56 Å². The average molecular weight is 231 g/mol. The fraction of sp³-hybridized carbons (Fsp3) is 0.462. The van der Waals surface area contributed by atoms with Crippen LogP contribution in [0.3, 0.4) is 0 Å². The number of hydrogen-bond donors (Lipinski definition) is 0. The van der Waals surface area contributed by atoms with E-state index in [1.54, 1.807) is 6.08 Å². The molecule has 0 atom stereocenters. The van der Waals surface area contributed by atoms with Crippen molar-refractivity contribution in [3.05, 3.63) is 23.3 Å². The molecule has 3 rings (SSSR count). The molecule has 1 aliphatic carbocycles. The van der Waals surface area contributed by atoms with Crippen molar-refractivity contribution in [2.45, 2.75) is 31.7 Å². The fourth-order valence-corrected chi connectivity index (χ4v) is 2.46. The van der Waals surface area contributed by atoms with E-state index in [0.717, 1.165) is 41.9 Å². The molecule has 1 aromatic carbocycles. The van der Waals surface area contributed by atoms with Gasteiger partial charge in [-0.3, -0.25) is 0 Å². The lowest BCUT2D eigenvalue weighted by Crippen LogP contribution is -2.07. The summed E-state index contributed by atoms with van der Waals surface area (Å²) in [6.07, 6.45) is 4.36. The van der Waals surface area contributed by atoms with Gasteiger partial charge in [-0.1, -0.05) is 13.0 Å². The number of isocyanates is 1. The van der Waals surface area contributed by atoms with Crippen LogP contribution in [-0.2, 0) is 16.8 Å². The molecule has 0 spiro atoms. The topological polar surface area (TPSA) is 47.9 Å². The van der Waals surface area contributed by atoms with E-state index in [1.165, 1.54) is 0 Å². The van der Waals surface area contributed by atoms with Crippen LogP contribution < -0.4 is 9.47 Å². The summed E-state index contributed by atoms with van der Waals surface area (Å²) in [5, 5.41) is 0. The van der Waals surface area contributed by atoms with Gasteiger partial charge in [0.1, 0.15) is 0 Å². The maximum Gasteiger partial charge on any atom is 0.235 e. The summed E-state index contributed by atoms with van der Waals surface area (Å²) in [5.41, 5.74) is 1.86. The summed E-state index contributed by atoms with van der Waals surface area (Å²) < 4.78 is 10.9. The predicted octanol–water partition coefficient (Wildman–Crippen LogP) is 2.30. The van der Waals surface area contributed by atoms with Crippen LogP contribution in [0.5, 0.6) is 11.5 Å². The van der Waals surface area contributed by atoms with Crippen LogP contribution in [-0.4, -0.2) is 12.9 Å². The van der Waals surface area contributed by atoms with Gasteiger partial charge in [-0.2, -0.15) is 4.99 Å². The molecule has 1 fully saturated rings. The zero-order valence-electron chi connectivity index (χ0n) is 9.66. The minimum Gasteiger partial charge on any atom is -0.454 e. The van der Waals surface area contributed by atoms with Crippen LogP contribution in [0.2, 0.25) is 0 Å². The SMILES string of the molecule is CCc1c(C2(N=C=O)CC2)ccc2c1OCO2. The Morgan fingerprint density at radius 2 is 2.24 bits per heavy atom. The van der Waals surface area contributed by atoms with E-state index in [0.29, 0.717) is 0 Å². The molecule has 4 nitrogen and oxygen atoms in total. The quantitative estimate of drug-likeness (QED) is 0.592. The van der Waals surface area contributed by atoms with Crippen molar-refractivity contribution in [3.63, 3.8) is 0 Å². The molecule has 1 aromatic rings. The highest BCUT2D eigenvalue weighted by Gasteiger charge is 2.47. The summed E-state index contributed by atoms with van der Waals surface area (Å²) >= 11 is 0.